The van der Waals surface area contributed by atoms with Gasteiger partial charge in [-0.25, -0.2) is 5.43 Å². The monoisotopic (exact) mass is 404 g/mol. The molecule has 30 heavy (non-hydrogen) atoms. The van der Waals surface area contributed by atoms with Crippen molar-refractivity contribution in [1.29, 1.82) is 0 Å². The molecule has 0 aliphatic carbocycles. The largest absolute Gasteiger partial charge is 0.325 e. The number of benzene rings is 2. The van der Waals surface area contributed by atoms with Gasteiger partial charge in [-0.2, -0.15) is 0 Å². The van der Waals surface area contributed by atoms with Crippen molar-refractivity contribution in [2.75, 3.05) is 11.9 Å². The third-order valence-corrected chi connectivity index (χ3v) is 5.42. The molecule has 2 aliphatic rings. The summed E-state index contributed by atoms with van der Waals surface area (Å²) < 4.78 is 0. The smallest absolute Gasteiger partial charge is 0.251 e. The fourth-order valence-electron chi connectivity index (χ4n) is 3.75. The van der Waals surface area contributed by atoms with Crippen LogP contribution in [0.5, 0.6) is 0 Å². The molecule has 2 N–H and O–H groups in total. The van der Waals surface area contributed by atoms with Crippen LogP contribution in [0, 0.1) is 6.92 Å². The van der Waals surface area contributed by atoms with E-state index < -0.39 is 0 Å². The van der Waals surface area contributed by atoms with Crippen LogP contribution >= 0.6 is 0 Å². The van der Waals surface area contributed by atoms with E-state index in [0.717, 1.165) is 5.56 Å². The van der Waals surface area contributed by atoms with Gasteiger partial charge in [0.15, 0.2) is 5.78 Å². The maximum absolute atomic E-state index is 12.9. The Morgan fingerprint density at radius 2 is 1.90 bits per heavy atom. The highest BCUT2D eigenvalue weighted by atomic mass is 16.2. The summed E-state index contributed by atoms with van der Waals surface area (Å²) in [5.41, 5.74) is 6.73. The summed E-state index contributed by atoms with van der Waals surface area (Å²) in [6.07, 6.45) is 4.05. The minimum atomic E-state index is -0.352. The van der Waals surface area contributed by atoms with Crippen molar-refractivity contribution in [2.45, 2.75) is 32.4 Å². The van der Waals surface area contributed by atoms with Crippen molar-refractivity contribution in [3.05, 3.63) is 77.6 Å². The van der Waals surface area contributed by atoms with Crippen LogP contribution in [0.4, 0.5) is 5.69 Å². The lowest BCUT2D eigenvalue weighted by Crippen LogP contribution is -2.49. The van der Waals surface area contributed by atoms with Gasteiger partial charge >= 0.3 is 0 Å². The Hall–Kier alpha value is -3.45. The molecule has 0 spiro atoms. The predicted octanol–water partition coefficient (Wildman–Crippen LogP) is 2.77. The van der Waals surface area contributed by atoms with Crippen LogP contribution in [-0.4, -0.2) is 40.1 Å². The minimum Gasteiger partial charge on any atom is -0.325 e. The van der Waals surface area contributed by atoms with E-state index in [1.165, 1.54) is 17.4 Å². The highest BCUT2D eigenvalue weighted by Crippen LogP contribution is 2.30. The number of amides is 2. The van der Waals surface area contributed by atoms with Crippen molar-refractivity contribution in [3.63, 3.8) is 0 Å². The van der Waals surface area contributed by atoms with Crippen LogP contribution in [0.2, 0.25) is 0 Å². The van der Waals surface area contributed by atoms with Crippen molar-refractivity contribution in [2.24, 2.45) is 0 Å². The van der Waals surface area contributed by atoms with Gasteiger partial charge in [0.1, 0.15) is 12.6 Å². The van der Waals surface area contributed by atoms with Crippen LogP contribution in [-0.2, 0) is 9.59 Å². The molecule has 2 unspecified atom stereocenters. The fourth-order valence-corrected chi connectivity index (χ4v) is 3.75. The SMILES string of the molecule is CC(=O)c1cccc(NC(=O)CN2C=CN3NC(c4ccc(C)cc4)CC3C2=O)c1. The first-order valence-corrected chi connectivity index (χ1v) is 9.91. The summed E-state index contributed by atoms with van der Waals surface area (Å²) in [5.74, 6) is -0.507. The fraction of sp³-hybridized carbons (Fsp3) is 0.261. The Bertz CT molecular complexity index is 1020. The third kappa shape index (κ3) is 4.11. The first-order chi connectivity index (χ1) is 14.4. The van der Waals surface area contributed by atoms with Gasteiger partial charge in [0.2, 0.25) is 5.91 Å². The summed E-state index contributed by atoms with van der Waals surface area (Å²) in [6, 6.07) is 14.7. The number of rotatable bonds is 5. The number of carbonyl (C=O) groups is 3. The van der Waals surface area contributed by atoms with Gasteiger partial charge in [-0.1, -0.05) is 42.0 Å². The van der Waals surface area contributed by atoms with E-state index in [1.807, 2.05) is 11.9 Å². The summed E-state index contributed by atoms with van der Waals surface area (Å²) >= 11 is 0. The van der Waals surface area contributed by atoms with E-state index in [-0.39, 0.29) is 36.2 Å². The second-order valence-electron chi connectivity index (χ2n) is 7.70. The Balaban J connectivity index is 1.39. The van der Waals surface area contributed by atoms with Gasteiger partial charge in [-0.05, 0) is 38.0 Å². The van der Waals surface area contributed by atoms with E-state index in [1.54, 1.807) is 36.7 Å². The number of anilines is 1. The molecule has 0 bridgehead atoms. The van der Waals surface area contributed by atoms with Crippen molar-refractivity contribution < 1.29 is 14.4 Å². The van der Waals surface area contributed by atoms with Crippen LogP contribution in [0.3, 0.4) is 0 Å². The Kier molecular flexibility index (Phi) is 5.37. The van der Waals surface area contributed by atoms with E-state index in [9.17, 15) is 14.4 Å². The molecule has 0 saturated carbocycles. The molecule has 7 nitrogen and oxygen atoms in total. The second-order valence-corrected chi connectivity index (χ2v) is 7.70. The standard InChI is InChI=1S/C23H24N4O3/c1-15-6-8-17(9-7-15)20-13-21-23(30)26(10-11-27(21)25-20)14-22(29)24-19-5-3-4-18(12-19)16(2)28/h3-12,20-21,25H,13-14H2,1-2H3,(H,24,29). The molecule has 2 amide bonds. The van der Waals surface area contributed by atoms with Crippen LogP contribution in [0.25, 0.3) is 0 Å². The summed E-state index contributed by atoms with van der Waals surface area (Å²) in [6.45, 7) is 3.43. The molecule has 154 valence electrons. The average Bonchev–Trinajstić information content (AvgIpc) is 3.16. The van der Waals surface area contributed by atoms with Crippen LogP contribution in [0.1, 0.15) is 40.9 Å². The molecule has 2 aliphatic heterocycles. The maximum Gasteiger partial charge on any atom is 0.251 e. The number of fused-ring (bicyclic) bond motifs is 1. The van der Waals surface area contributed by atoms with Gasteiger partial charge in [0, 0.05) is 23.7 Å². The predicted molar refractivity (Wildman–Crippen MR) is 113 cm³/mol. The Labute approximate surface area is 175 Å². The summed E-state index contributed by atoms with van der Waals surface area (Å²) in [7, 11) is 0. The maximum atomic E-state index is 12.9. The normalized spacial score (nSPS) is 20.3. The zero-order chi connectivity index (χ0) is 21.3. The average molecular weight is 404 g/mol. The molecule has 0 aromatic heterocycles. The number of carbonyl (C=O) groups excluding carboxylic acids is 3. The van der Waals surface area contributed by atoms with Crippen molar-refractivity contribution in [1.82, 2.24) is 15.3 Å². The molecular weight excluding hydrogens is 380 g/mol. The van der Waals surface area contributed by atoms with Gasteiger partial charge in [0.25, 0.3) is 5.91 Å². The molecular formula is C23H24N4O3. The lowest BCUT2D eigenvalue weighted by atomic mass is 10.00. The van der Waals surface area contributed by atoms with Crippen LogP contribution < -0.4 is 10.7 Å². The number of hydrazine groups is 1. The highest BCUT2D eigenvalue weighted by molar-refractivity contribution is 5.98. The van der Waals surface area contributed by atoms with Crippen molar-refractivity contribution >= 4 is 23.3 Å². The zero-order valence-electron chi connectivity index (χ0n) is 17.0. The molecule has 2 heterocycles. The summed E-state index contributed by atoms with van der Waals surface area (Å²) in [5, 5.41) is 4.57. The van der Waals surface area contributed by atoms with E-state index in [4.69, 9.17) is 0 Å². The highest BCUT2D eigenvalue weighted by Gasteiger charge is 2.40. The molecule has 2 aromatic rings. The first-order valence-electron chi connectivity index (χ1n) is 9.91. The molecule has 1 saturated heterocycles. The number of aryl methyl sites for hydroxylation is 1. The number of hydrogen-bond acceptors (Lipinski definition) is 5. The van der Waals surface area contributed by atoms with Gasteiger partial charge in [-0.15, -0.1) is 0 Å². The second kappa shape index (κ2) is 8.12. The topological polar surface area (TPSA) is 81.8 Å². The molecule has 1 fully saturated rings. The molecule has 2 aromatic carbocycles. The number of nitrogens with one attached hydrogen (secondary N) is 2. The molecule has 2 atom stereocenters. The van der Waals surface area contributed by atoms with Gasteiger partial charge in [0.05, 0.1) is 6.04 Å². The van der Waals surface area contributed by atoms with Gasteiger partial charge < -0.3 is 15.2 Å². The lowest BCUT2D eigenvalue weighted by Gasteiger charge is -2.31. The zero-order valence-corrected chi connectivity index (χ0v) is 17.0. The third-order valence-electron chi connectivity index (χ3n) is 5.42. The minimum absolute atomic E-state index is 0.0484. The molecule has 0 radical (unpaired) electrons. The quantitative estimate of drug-likeness (QED) is 0.749. The van der Waals surface area contributed by atoms with Crippen LogP contribution in [0.15, 0.2) is 60.9 Å². The summed E-state index contributed by atoms with van der Waals surface area (Å²) in [4.78, 5) is 38.3. The van der Waals surface area contributed by atoms with E-state index in [0.29, 0.717) is 17.7 Å². The first kappa shape index (κ1) is 19.8. The molecule has 4 rings (SSSR count). The number of hydrogen-bond donors (Lipinski definition) is 2. The van der Waals surface area contributed by atoms with Gasteiger partial charge in [-0.3, -0.25) is 14.4 Å². The van der Waals surface area contributed by atoms with E-state index in [2.05, 4.69) is 35.0 Å². The number of ketones is 1. The number of Topliss-reactive ketones (excluding diaryl/α,β-unsaturated/α-hetero) is 1. The Morgan fingerprint density at radius 3 is 2.63 bits per heavy atom. The lowest BCUT2D eigenvalue weighted by molar-refractivity contribution is -0.137. The van der Waals surface area contributed by atoms with Crippen molar-refractivity contribution in [3.8, 4) is 0 Å². The number of nitrogens with zero attached hydrogens (tertiary/aromatic N) is 2. The Morgan fingerprint density at radius 1 is 1.13 bits per heavy atom. The van der Waals surface area contributed by atoms with E-state index >= 15 is 0 Å². The molecule has 7 heteroatoms.